The van der Waals surface area contributed by atoms with Gasteiger partial charge in [-0.05, 0) is 37.0 Å². The number of nitrogens with zero attached hydrogens (tertiary/aromatic N) is 4. The van der Waals surface area contributed by atoms with Gasteiger partial charge in [-0.2, -0.15) is 0 Å². The fraction of sp³-hybridized carbons (Fsp3) is 0.412. The van der Waals surface area contributed by atoms with Crippen LogP contribution in [-0.2, 0) is 52.7 Å². The number of benzene rings is 2. The molecule has 278 valence electrons. The summed E-state index contributed by atoms with van der Waals surface area (Å²) in [7, 11) is -4.90. The SMILES string of the molecule is CCCCc1nc2c(N)nc3cc(CCOCCNC(=O)CCCC(=O)ON4C(=O)CCC4=O)ccc3c2n1Cc1cccc(OP(=O)(O)O)c1O. The Labute approximate surface area is 298 Å². The number of para-hydroxylation sites is 1. The average molecular weight is 741 g/mol. The number of aromatic nitrogens is 3. The fourth-order valence-corrected chi connectivity index (χ4v) is 6.17. The first-order chi connectivity index (χ1) is 24.8. The van der Waals surface area contributed by atoms with Gasteiger partial charge in [-0.25, -0.2) is 19.3 Å². The van der Waals surface area contributed by atoms with E-state index in [4.69, 9.17) is 20.3 Å². The minimum absolute atomic E-state index is 0.0121. The molecule has 1 saturated heterocycles. The normalized spacial score (nSPS) is 13.3. The number of aromatic hydroxyl groups is 1. The molecule has 2 aromatic carbocycles. The molecule has 3 amide bonds. The van der Waals surface area contributed by atoms with Crippen LogP contribution >= 0.6 is 7.82 Å². The van der Waals surface area contributed by atoms with Crippen LogP contribution in [0.2, 0.25) is 0 Å². The van der Waals surface area contributed by atoms with Crippen LogP contribution in [0.25, 0.3) is 21.9 Å². The summed E-state index contributed by atoms with van der Waals surface area (Å²) in [5, 5.41) is 14.8. The predicted molar refractivity (Wildman–Crippen MR) is 187 cm³/mol. The summed E-state index contributed by atoms with van der Waals surface area (Å²) in [5.41, 5.74) is 9.56. The van der Waals surface area contributed by atoms with Gasteiger partial charge in [0.25, 0.3) is 11.8 Å². The van der Waals surface area contributed by atoms with Crippen molar-refractivity contribution in [2.24, 2.45) is 0 Å². The molecule has 18 heteroatoms. The maximum Gasteiger partial charge on any atom is 0.524 e. The van der Waals surface area contributed by atoms with E-state index in [0.29, 0.717) is 46.6 Å². The number of phenolic OH excluding ortho intramolecular Hbond substituents is 1. The second-order valence-electron chi connectivity index (χ2n) is 12.2. The van der Waals surface area contributed by atoms with Crippen LogP contribution in [0.15, 0.2) is 36.4 Å². The van der Waals surface area contributed by atoms with Gasteiger partial charge in [0.2, 0.25) is 5.91 Å². The fourth-order valence-electron chi connectivity index (χ4n) is 5.76. The van der Waals surface area contributed by atoms with Crippen LogP contribution < -0.4 is 15.6 Å². The summed E-state index contributed by atoms with van der Waals surface area (Å²) < 4.78 is 23.8. The molecule has 17 nitrogen and oxygen atoms in total. The van der Waals surface area contributed by atoms with Crippen molar-refractivity contribution in [3.63, 3.8) is 0 Å². The number of carbonyl (C=O) groups excluding carboxylic acids is 4. The molecule has 5 rings (SSSR count). The van der Waals surface area contributed by atoms with Crippen LogP contribution in [0.5, 0.6) is 11.5 Å². The van der Waals surface area contributed by atoms with Crippen LogP contribution in [0, 0.1) is 0 Å². The van der Waals surface area contributed by atoms with Crippen LogP contribution in [0.4, 0.5) is 5.82 Å². The highest BCUT2D eigenvalue weighted by atomic mass is 31.2. The number of anilines is 1. The average Bonchev–Trinajstić information content (AvgIpc) is 3.61. The molecule has 1 aliphatic heterocycles. The van der Waals surface area contributed by atoms with Gasteiger partial charge < -0.3 is 34.8 Å². The molecule has 0 spiro atoms. The van der Waals surface area contributed by atoms with Gasteiger partial charge in [0, 0.05) is 49.6 Å². The summed E-state index contributed by atoms with van der Waals surface area (Å²) >= 11 is 0. The highest BCUT2D eigenvalue weighted by molar-refractivity contribution is 7.46. The molecule has 4 aromatic rings. The zero-order valence-corrected chi connectivity index (χ0v) is 29.5. The number of imide groups is 1. The summed E-state index contributed by atoms with van der Waals surface area (Å²) in [6.07, 6.45) is 3.11. The standard InChI is InChI=1S/C34H41N6O11P/c1-2-3-8-26-38-31-32(39(26)20-22-6-4-7-25(33(22)45)51-52(46,47)48)23-12-11-21(19-24(23)37-34(31)35)15-17-49-18-16-36-27(41)9-5-10-30(44)50-40-28(42)13-14-29(40)43/h4,6-7,11-12,19,45H,2-3,5,8-10,13-18,20H2,1H3,(H2,35,37)(H,36,41)(H2,46,47,48). The molecule has 0 radical (unpaired) electrons. The molecule has 6 N–H and O–H groups in total. The third-order valence-electron chi connectivity index (χ3n) is 8.32. The molecule has 1 aliphatic rings. The summed E-state index contributed by atoms with van der Waals surface area (Å²) in [6, 6.07) is 10.2. The maximum absolute atomic E-state index is 12.1. The van der Waals surface area contributed by atoms with E-state index in [0.717, 1.165) is 29.6 Å². The number of nitrogens with two attached hydrogens (primary N) is 1. The van der Waals surface area contributed by atoms with E-state index in [1.54, 1.807) is 6.07 Å². The number of rotatable bonds is 18. The van der Waals surface area contributed by atoms with E-state index < -0.39 is 31.4 Å². The van der Waals surface area contributed by atoms with Gasteiger partial charge in [0.05, 0.1) is 30.8 Å². The number of hydroxylamine groups is 2. The molecule has 1 fully saturated rings. The number of phosphoric ester groups is 1. The van der Waals surface area contributed by atoms with E-state index in [2.05, 4.69) is 21.7 Å². The highest BCUT2D eigenvalue weighted by Crippen LogP contribution is 2.43. The lowest BCUT2D eigenvalue weighted by Gasteiger charge is -2.15. The van der Waals surface area contributed by atoms with Gasteiger partial charge in [-0.1, -0.05) is 37.6 Å². The summed E-state index contributed by atoms with van der Waals surface area (Å²) in [6.45, 7) is 3.08. The van der Waals surface area contributed by atoms with Gasteiger partial charge in [0.15, 0.2) is 17.3 Å². The number of imidazole rings is 1. The Bertz CT molecular complexity index is 2010. The van der Waals surface area contributed by atoms with Crippen molar-refractivity contribution in [2.75, 3.05) is 25.5 Å². The van der Waals surface area contributed by atoms with Crippen molar-refractivity contribution in [3.8, 4) is 11.5 Å². The number of phosphoric acid groups is 1. The Hall–Kier alpha value is -5.09. The lowest BCUT2D eigenvalue weighted by atomic mass is 10.1. The second-order valence-corrected chi connectivity index (χ2v) is 13.4. The molecular formula is C34H41N6O11P. The number of ether oxygens (including phenoxy) is 1. The molecule has 3 heterocycles. The van der Waals surface area contributed by atoms with E-state index in [9.17, 15) is 38.6 Å². The molecule has 0 aliphatic carbocycles. The number of hydrogen-bond donors (Lipinski definition) is 5. The number of nitrogen functional groups attached to an aromatic ring is 1. The van der Waals surface area contributed by atoms with Crippen LogP contribution in [0.1, 0.15) is 68.8 Å². The minimum atomic E-state index is -4.90. The summed E-state index contributed by atoms with van der Waals surface area (Å²) in [4.78, 5) is 79.9. The van der Waals surface area contributed by atoms with Gasteiger partial charge in [-0.3, -0.25) is 24.2 Å². The second kappa shape index (κ2) is 17.0. The Kier molecular flexibility index (Phi) is 12.4. The van der Waals surface area contributed by atoms with Crippen LogP contribution in [-0.4, -0.2) is 77.9 Å². The van der Waals surface area contributed by atoms with Crippen molar-refractivity contribution in [1.82, 2.24) is 24.9 Å². The number of amides is 3. The maximum atomic E-state index is 12.1. The summed E-state index contributed by atoms with van der Waals surface area (Å²) in [5.74, 6) is -1.91. The van der Waals surface area contributed by atoms with E-state index >= 15 is 0 Å². The molecule has 0 unspecified atom stereocenters. The third-order valence-corrected chi connectivity index (χ3v) is 8.75. The number of nitrogens with one attached hydrogen (secondary N) is 1. The molecule has 52 heavy (non-hydrogen) atoms. The monoisotopic (exact) mass is 740 g/mol. The largest absolute Gasteiger partial charge is 0.524 e. The minimum Gasteiger partial charge on any atom is -0.504 e. The quantitative estimate of drug-likeness (QED) is 0.0559. The number of aryl methyl sites for hydroxylation is 1. The number of fused-ring (bicyclic) bond motifs is 3. The van der Waals surface area contributed by atoms with Gasteiger partial charge >= 0.3 is 13.8 Å². The van der Waals surface area contributed by atoms with E-state index in [-0.39, 0.29) is 69.3 Å². The molecule has 0 saturated carbocycles. The first-order valence-electron chi connectivity index (χ1n) is 16.9. The lowest BCUT2D eigenvalue weighted by molar-refractivity contribution is -0.197. The smallest absolute Gasteiger partial charge is 0.504 e. The number of unbranched alkanes of at least 4 members (excludes halogenated alkanes) is 1. The Morgan fingerprint density at radius 3 is 2.52 bits per heavy atom. The molecule has 2 aromatic heterocycles. The zero-order valence-electron chi connectivity index (χ0n) is 28.6. The van der Waals surface area contributed by atoms with Crippen molar-refractivity contribution >= 4 is 59.3 Å². The topological polar surface area (TPSA) is 246 Å². The first kappa shape index (κ1) is 38.1. The number of carbonyl (C=O) groups is 4. The van der Waals surface area contributed by atoms with E-state index in [1.165, 1.54) is 12.1 Å². The van der Waals surface area contributed by atoms with Crippen LogP contribution in [0.3, 0.4) is 0 Å². The number of pyridine rings is 1. The van der Waals surface area contributed by atoms with E-state index in [1.807, 2.05) is 22.8 Å². The molecule has 0 bridgehead atoms. The van der Waals surface area contributed by atoms with Crippen molar-refractivity contribution in [1.29, 1.82) is 0 Å². The first-order valence-corrected chi connectivity index (χ1v) is 18.4. The Morgan fingerprint density at radius 1 is 1.02 bits per heavy atom. The zero-order chi connectivity index (χ0) is 37.4. The van der Waals surface area contributed by atoms with Gasteiger partial charge in [-0.15, -0.1) is 5.06 Å². The molecular weight excluding hydrogens is 699 g/mol. The molecule has 0 atom stereocenters. The highest BCUT2D eigenvalue weighted by Gasteiger charge is 2.32. The number of phenols is 1. The predicted octanol–water partition coefficient (Wildman–Crippen LogP) is 3.19. The van der Waals surface area contributed by atoms with Crippen molar-refractivity contribution in [3.05, 3.63) is 53.3 Å². The van der Waals surface area contributed by atoms with Gasteiger partial charge in [0.1, 0.15) is 11.3 Å². The number of hydrogen-bond acceptors (Lipinski definition) is 12. The Balaban J connectivity index is 1.17. The van der Waals surface area contributed by atoms with Crippen molar-refractivity contribution in [2.45, 2.75) is 71.3 Å². The van der Waals surface area contributed by atoms with Crippen molar-refractivity contribution < 1.29 is 52.7 Å². The lowest BCUT2D eigenvalue weighted by Crippen LogP contribution is -2.32. The third kappa shape index (κ3) is 9.61. The Morgan fingerprint density at radius 2 is 1.79 bits per heavy atom.